The van der Waals surface area contributed by atoms with Crippen molar-refractivity contribution in [2.75, 3.05) is 5.32 Å². The van der Waals surface area contributed by atoms with E-state index in [2.05, 4.69) is 14.1 Å². The molecule has 19 heavy (non-hydrogen) atoms. The number of carbonyl (C=O) groups is 1. The van der Waals surface area contributed by atoms with Gasteiger partial charge in [0.15, 0.2) is 0 Å². The summed E-state index contributed by atoms with van der Waals surface area (Å²) in [4.78, 5) is 12.0. The van der Waals surface area contributed by atoms with E-state index in [1.807, 2.05) is 0 Å². The number of anilines is 1. The van der Waals surface area contributed by atoms with Gasteiger partial charge in [-0.2, -0.15) is 8.75 Å². The number of fused-ring (bicyclic) bond motifs is 1. The van der Waals surface area contributed by atoms with Gasteiger partial charge in [-0.25, -0.2) is 4.39 Å². The second kappa shape index (κ2) is 4.74. The topological polar surface area (TPSA) is 54.9 Å². The lowest BCUT2D eigenvalue weighted by Crippen LogP contribution is -2.11. The minimum Gasteiger partial charge on any atom is -0.322 e. The van der Waals surface area contributed by atoms with Crippen LogP contribution in [-0.2, 0) is 0 Å². The summed E-state index contributed by atoms with van der Waals surface area (Å²) in [6, 6.07) is 10.8. The first-order valence-corrected chi connectivity index (χ1v) is 6.25. The number of amides is 1. The summed E-state index contributed by atoms with van der Waals surface area (Å²) in [6.07, 6.45) is 0. The number of aromatic nitrogens is 2. The van der Waals surface area contributed by atoms with Gasteiger partial charge in [-0.05, 0) is 36.4 Å². The third kappa shape index (κ3) is 2.43. The summed E-state index contributed by atoms with van der Waals surface area (Å²) >= 11 is 1.10. The van der Waals surface area contributed by atoms with E-state index >= 15 is 0 Å². The van der Waals surface area contributed by atoms with Crippen molar-refractivity contribution in [3.8, 4) is 0 Å². The van der Waals surface area contributed by atoms with Crippen LogP contribution < -0.4 is 5.32 Å². The van der Waals surface area contributed by atoms with Crippen molar-refractivity contribution < 1.29 is 9.18 Å². The first kappa shape index (κ1) is 11.7. The third-order valence-electron chi connectivity index (χ3n) is 2.60. The van der Waals surface area contributed by atoms with Crippen LogP contribution in [0.5, 0.6) is 0 Å². The quantitative estimate of drug-likeness (QED) is 0.780. The monoisotopic (exact) mass is 273 g/mol. The number of hydrogen-bond donors (Lipinski definition) is 1. The predicted molar refractivity (Wildman–Crippen MR) is 71.8 cm³/mol. The van der Waals surface area contributed by atoms with Crippen molar-refractivity contribution in [3.63, 3.8) is 0 Å². The zero-order valence-corrected chi connectivity index (χ0v) is 10.4. The Morgan fingerprint density at radius 2 is 1.95 bits per heavy atom. The van der Waals surface area contributed by atoms with Gasteiger partial charge in [-0.15, -0.1) is 0 Å². The van der Waals surface area contributed by atoms with Gasteiger partial charge in [-0.1, -0.05) is 6.07 Å². The van der Waals surface area contributed by atoms with Crippen molar-refractivity contribution in [2.45, 2.75) is 0 Å². The highest BCUT2D eigenvalue weighted by Crippen LogP contribution is 2.15. The van der Waals surface area contributed by atoms with E-state index < -0.39 is 5.82 Å². The molecule has 0 unspecified atom stereocenters. The van der Waals surface area contributed by atoms with Crippen molar-refractivity contribution in [2.24, 2.45) is 0 Å². The Hall–Kier alpha value is -2.34. The van der Waals surface area contributed by atoms with Crippen LogP contribution in [-0.4, -0.2) is 14.7 Å². The van der Waals surface area contributed by atoms with E-state index in [9.17, 15) is 9.18 Å². The maximum Gasteiger partial charge on any atom is 0.255 e. The molecule has 0 aliphatic carbocycles. The van der Waals surface area contributed by atoms with Crippen LogP contribution in [0.25, 0.3) is 11.0 Å². The molecule has 0 atom stereocenters. The highest BCUT2D eigenvalue weighted by Gasteiger charge is 2.08. The smallest absolute Gasteiger partial charge is 0.255 e. The molecule has 4 nitrogen and oxygen atoms in total. The molecule has 1 aromatic heterocycles. The first-order chi connectivity index (χ1) is 9.22. The lowest BCUT2D eigenvalue weighted by atomic mass is 10.2. The molecule has 0 radical (unpaired) electrons. The SMILES string of the molecule is O=C(Nc1cccc(F)c1)c1ccc2nsnc2c1. The van der Waals surface area contributed by atoms with E-state index in [-0.39, 0.29) is 5.91 Å². The summed E-state index contributed by atoms with van der Waals surface area (Å²) in [5, 5.41) is 2.63. The summed E-state index contributed by atoms with van der Waals surface area (Å²) in [5.41, 5.74) is 2.31. The molecule has 1 N–H and O–H groups in total. The fraction of sp³-hybridized carbons (Fsp3) is 0. The van der Waals surface area contributed by atoms with E-state index in [0.29, 0.717) is 16.8 Å². The van der Waals surface area contributed by atoms with Gasteiger partial charge in [0.2, 0.25) is 0 Å². The maximum absolute atomic E-state index is 13.0. The number of benzene rings is 2. The van der Waals surface area contributed by atoms with Crippen molar-refractivity contribution >= 4 is 34.4 Å². The van der Waals surface area contributed by atoms with Crippen molar-refractivity contribution in [1.82, 2.24) is 8.75 Å². The van der Waals surface area contributed by atoms with Crippen molar-refractivity contribution in [1.29, 1.82) is 0 Å². The zero-order valence-electron chi connectivity index (χ0n) is 9.63. The second-order valence-electron chi connectivity index (χ2n) is 3.93. The highest BCUT2D eigenvalue weighted by atomic mass is 32.1. The molecule has 1 heterocycles. The molecule has 0 spiro atoms. The van der Waals surface area contributed by atoms with Crippen LogP contribution in [0.1, 0.15) is 10.4 Å². The lowest BCUT2D eigenvalue weighted by molar-refractivity contribution is 0.102. The number of carbonyl (C=O) groups excluding carboxylic acids is 1. The Bertz CT molecular complexity index is 756. The molecule has 0 saturated heterocycles. The Kier molecular flexibility index (Phi) is 2.92. The average Bonchev–Trinajstić information content (AvgIpc) is 2.85. The number of hydrogen-bond acceptors (Lipinski definition) is 4. The second-order valence-corrected chi connectivity index (χ2v) is 4.46. The minimum atomic E-state index is -0.392. The molecule has 0 saturated carbocycles. The molecule has 6 heteroatoms. The molecule has 3 aromatic rings. The maximum atomic E-state index is 13.0. The van der Waals surface area contributed by atoms with Gasteiger partial charge >= 0.3 is 0 Å². The fourth-order valence-corrected chi connectivity index (χ4v) is 2.21. The third-order valence-corrected chi connectivity index (χ3v) is 3.16. The number of rotatable bonds is 2. The standard InChI is InChI=1S/C13H8FN3OS/c14-9-2-1-3-10(7-9)15-13(18)8-4-5-11-12(6-8)17-19-16-11/h1-7H,(H,15,18). The van der Waals surface area contributed by atoms with Gasteiger partial charge in [0.25, 0.3) is 5.91 Å². The Morgan fingerprint density at radius 1 is 1.11 bits per heavy atom. The van der Waals surface area contributed by atoms with E-state index in [0.717, 1.165) is 17.2 Å². The van der Waals surface area contributed by atoms with Gasteiger partial charge in [0.1, 0.15) is 16.9 Å². The van der Waals surface area contributed by atoms with Gasteiger partial charge in [0, 0.05) is 11.3 Å². The van der Waals surface area contributed by atoms with Crippen LogP contribution in [0.4, 0.5) is 10.1 Å². The normalized spacial score (nSPS) is 10.6. The van der Waals surface area contributed by atoms with E-state index in [4.69, 9.17) is 0 Å². The molecular weight excluding hydrogens is 265 g/mol. The predicted octanol–water partition coefficient (Wildman–Crippen LogP) is 3.08. The van der Waals surface area contributed by atoms with E-state index in [1.165, 1.54) is 12.1 Å². The molecule has 1 amide bonds. The van der Waals surface area contributed by atoms with Crippen LogP contribution in [0.3, 0.4) is 0 Å². The molecule has 0 aliphatic rings. The summed E-state index contributed by atoms with van der Waals surface area (Å²) in [7, 11) is 0. The molecule has 0 bridgehead atoms. The molecule has 0 aliphatic heterocycles. The zero-order chi connectivity index (χ0) is 13.2. The van der Waals surface area contributed by atoms with E-state index in [1.54, 1.807) is 30.3 Å². The van der Waals surface area contributed by atoms with Crippen molar-refractivity contribution in [3.05, 3.63) is 53.8 Å². The summed E-state index contributed by atoms with van der Waals surface area (Å²) in [6.45, 7) is 0. The molecular formula is C13H8FN3OS. The Morgan fingerprint density at radius 3 is 2.79 bits per heavy atom. The number of nitrogens with one attached hydrogen (secondary N) is 1. The van der Waals surface area contributed by atoms with Crippen LogP contribution in [0.15, 0.2) is 42.5 Å². The van der Waals surface area contributed by atoms with Gasteiger partial charge in [-0.3, -0.25) is 4.79 Å². The minimum absolute atomic E-state index is 0.305. The molecule has 0 fully saturated rings. The van der Waals surface area contributed by atoms with Gasteiger partial charge < -0.3 is 5.32 Å². The Labute approximate surface area is 112 Å². The van der Waals surface area contributed by atoms with Crippen LogP contribution in [0.2, 0.25) is 0 Å². The first-order valence-electron chi connectivity index (χ1n) is 5.51. The lowest BCUT2D eigenvalue weighted by Gasteiger charge is -2.05. The number of halogens is 1. The van der Waals surface area contributed by atoms with Crippen LogP contribution >= 0.6 is 11.7 Å². The van der Waals surface area contributed by atoms with Crippen LogP contribution in [0, 0.1) is 5.82 Å². The number of nitrogens with zero attached hydrogens (tertiary/aromatic N) is 2. The summed E-state index contributed by atoms with van der Waals surface area (Å²) < 4.78 is 21.2. The molecule has 94 valence electrons. The van der Waals surface area contributed by atoms with Gasteiger partial charge in [0.05, 0.1) is 11.7 Å². The largest absolute Gasteiger partial charge is 0.322 e. The summed E-state index contributed by atoms with van der Waals surface area (Å²) in [5.74, 6) is -0.697. The highest BCUT2D eigenvalue weighted by molar-refractivity contribution is 7.00. The Balaban J connectivity index is 1.87. The fourth-order valence-electron chi connectivity index (χ4n) is 1.69. The molecule has 3 rings (SSSR count). The average molecular weight is 273 g/mol. The molecule has 2 aromatic carbocycles.